The summed E-state index contributed by atoms with van der Waals surface area (Å²) in [5.41, 5.74) is 4.19. The monoisotopic (exact) mass is 772 g/mol. The number of fused-ring (bicyclic) bond motifs is 2. The van der Waals surface area contributed by atoms with Crippen molar-refractivity contribution < 1.29 is 24.3 Å². The molecule has 13 nitrogen and oxygen atoms in total. The molecule has 0 radical (unpaired) electrons. The second kappa shape index (κ2) is 16.2. The number of hydrazine groups is 1. The summed E-state index contributed by atoms with van der Waals surface area (Å²) in [4.78, 5) is 67.2. The molecule has 0 saturated carbocycles. The Morgan fingerprint density at radius 3 is 2.33 bits per heavy atom. The van der Waals surface area contributed by atoms with E-state index in [2.05, 4.69) is 23.4 Å². The van der Waals surface area contributed by atoms with E-state index in [1.165, 1.54) is 0 Å². The molecule has 0 spiro atoms. The van der Waals surface area contributed by atoms with E-state index in [4.69, 9.17) is 0 Å². The fourth-order valence-corrected chi connectivity index (χ4v) is 9.04. The van der Waals surface area contributed by atoms with Crippen molar-refractivity contribution in [1.82, 2.24) is 39.1 Å². The zero-order chi connectivity index (χ0) is 39.8. The lowest BCUT2D eigenvalue weighted by molar-refractivity contribution is -0.205. The van der Waals surface area contributed by atoms with Crippen LogP contribution in [0.25, 0.3) is 10.9 Å². The summed E-state index contributed by atoms with van der Waals surface area (Å²) in [5.74, 6) is -0.488. The van der Waals surface area contributed by atoms with E-state index in [9.17, 15) is 24.3 Å². The van der Waals surface area contributed by atoms with Crippen LogP contribution in [-0.2, 0) is 40.8 Å². The van der Waals surface area contributed by atoms with Crippen LogP contribution in [0.4, 0.5) is 0 Å². The van der Waals surface area contributed by atoms with Crippen LogP contribution in [0.3, 0.4) is 0 Å². The standard InChI is InChI=1S/C44H52N8O5/c1-4-19-50-30-41(55)51-38(24-32-13-16-35(53)17-14-32)44(57)48(29-39(51)52(50)40(54)18-15-31-9-6-5-7-10-31)25-33-11-8-12-36-37(28-46(3)42(33)36)43(56)49-26-34(27-49)47-22-20-45(2)21-23-47/h4-14,16-17,28,34,38-39,53H,1,15,18-27,29-30H2,2-3H3/t38-,39-/m0/s1. The highest BCUT2D eigenvalue weighted by atomic mass is 16.3. The largest absolute Gasteiger partial charge is 0.508 e. The fourth-order valence-electron chi connectivity index (χ4n) is 9.04. The minimum Gasteiger partial charge on any atom is -0.508 e. The van der Waals surface area contributed by atoms with Crippen LogP contribution in [-0.4, -0.2) is 152 Å². The number of phenols is 1. The van der Waals surface area contributed by atoms with Crippen molar-refractivity contribution in [2.75, 3.05) is 66.0 Å². The number of aromatic hydroxyl groups is 1. The van der Waals surface area contributed by atoms with Gasteiger partial charge in [0.25, 0.3) is 5.91 Å². The van der Waals surface area contributed by atoms with Gasteiger partial charge in [-0.3, -0.25) is 24.1 Å². The van der Waals surface area contributed by atoms with Crippen LogP contribution in [0.5, 0.6) is 5.75 Å². The number of para-hydroxylation sites is 1. The van der Waals surface area contributed by atoms with Gasteiger partial charge in [-0.25, -0.2) is 10.0 Å². The second-order valence-corrected chi connectivity index (χ2v) is 15.9. The Bertz CT molecular complexity index is 2140. The number of aromatic nitrogens is 1. The number of likely N-dealkylation sites (tertiary alicyclic amines) is 1. The Hall–Kier alpha value is -5.50. The van der Waals surface area contributed by atoms with Crippen LogP contribution in [0.2, 0.25) is 0 Å². The van der Waals surface area contributed by atoms with Crippen molar-refractivity contribution >= 4 is 34.5 Å². The van der Waals surface area contributed by atoms with Crippen LogP contribution < -0.4 is 0 Å². The molecule has 4 amide bonds. The normalized spacial score (nSPS) is 21.2. The lowest BCUT2D eigenvalue weighted by Crippen LogP contribution is -2.75. The maximum Gasteiger partial charge on any atom is 0.256 e. The zero-order valence-corrected chi connectivity index (χ0v) is 32.9. The molecule has 5 heterocycles. The molecule has 4 aliphatic heterocycles. The number of rotatable bonds is 11. The molecule has 4 saturated heterocycles. The van der Waals surface area contributed by atoms with Gasteiger partial charge in [0.15, 0.2) is 0 Å². The summed E-state index contributed by atoms with van der Waals surface area (Å²) in [6, 6.07) is 21.9. The van der Waals surface area contributed by atoms with E-state index >= 15 is 0 Å². The van der Waals surface area contributed by atoms with Gasteiger partial charge >= 0.3 is 0 Å². The number of phenolic OH excluding ortho intramolecular Hbond substituents is 1. The molecule has 2 atom stereocenters. The second-order valence-electron chi connectivity index (χ2n) is 15.9. The van der Waals surface area contributed by atoms with E-state index in [-0.39, 0.29) is 68.4 Å². The molecule has 4 aliphatic rings. The molecule has 298 valence electrons. The number of nitrogens with zero attached hydrogens (tertiary/aromatic N) is 8. The highest BCUT2D eigenvalue weighted by Gasteiger charge is 2.51. The number of piperazine rings is 2. The smallest absolute Gasteiger partial charge is 0.256 e. The molecule has 1 aromatic heterocycles. The minimum absolute atomic E-state index is 0.00876. The summed E-state index contributed by atoms with van der Waals surface area (Å²) >= 11 is 0. The number of hydrogen-bond acceptors (Lipinski definition) is 8. The highest BCUT2D eigenvalue weighted by Crippen LogP contribution is 2.33. The van der Waals surface area contributed by atoms with Gasteiger partial charge in [0.2, 0.25) is 17.7 Å². The molecule has 13 heteroatoms. The van der Waals surface area contributed by atoms with Crippen molar-refractivity contribution in [3.05, 3.63) is 114 Å². The third-order valence-electron chi connectivity index (χ3n) is 12.1. The van der Waals surface area contributed by atoms with Crippen LogP contribution in [0, 0.1) is 0 Å². The summed E-state index contributed by atoms with van der Waals surface area (Å²) < 4.78 is 1.97. The van der Waals surface area contributed by atoms with Gasteiger partial charge in [-0.15, -0.1) is 6.58 Å². The van der Waals surface area contributed by atoms with Crippen molar-refractivity contribution in [1.29, 1.82) is 0 Å². The molecular formula is C44H52N8O5. The third kappa shape index (κ3) is 7.66. The topological polar surface area (TPSA) is 116 Å². The first-order chi connectivity index (χ1) is 27.6. The number of carbonyl (C=O) groups is 4. The summed E-state index contributed by atoms with van der Waals surface area (Å²) in [6.07, 6.45) is 3.79. The van der Waals surface area contributed by atoms with E-state index in [1.807, 2.05) is 71.2 Å². The van der Waals surface area contributed by atoms with Crippen LogP contribution in [0.1, 0.15) is 33.5 Å². The number of likely N-dealkylation sites (N-methyl/N-ethyl adjacent to an activating group) is 1. The van der Waals surface area contributed by atoms with Gasteiger partial charge in [0, 0.05) is 89.9 Å². The predicted octanol–water partition coefficient (Wildman–Crippen LogP) is 2.94. The SMILES string of the molecule is C=CCN1CC(=O)N2[C@@H](Cc3ccc(O)cc3)C(=O)N(Cc3cccc4c(C(=O)N5CC(N6CCN(C)CC6)C5)cn(C)c34)C[C@@H]2N1C(=O)CCc1ccccc1. The maximum absolute atomic E-state index is 14.7. The van der Waals surface area contributed by atoms with Gasteiger partial charge in [-0.2, -0.15) is 0 Å². The highest BCUT2D eigenvalue weighted by molar-refractivity contribution is 6.08. The van der Waals surface area contributed by atoms with E-state index < -0.39 is 12.2 Å². The average Bonchev–Trinajstić information content (AvgIpc) is 3.53. The molecule has 4 aromatic rings. The fraction of sp³-hybridized carbons (Fsp3) is 0.409. The number of carbonyl (C=O) groups excluding carboxylic acids is 4. The lowest BCUT2D eigenvalue weighted by atomic mass is 9.97. The molecule has 8 rings (SSSR count). The van der Waals surface area contributed by atoms with Gasteiger partial charge < -0.3 is 29.3 Å². The Morgan fingerprint density at radius 1 is 0.877 bits per heavy atom. The number of amides is 4. The Balaban J connectivity index is 1.09. The molecule has 0 aliphatic carbocycles. The van der Waals surface area contributed by atoms with Crippen LogP contribution in [0.15, 0.2) is 91.6 Å². The van der Waals surface area contributed by atoms with E-state index in [1.54, 1.807) is 50.2 Å². The first-order valence-electron chi connectivity index (χ1n) is 20.0. The van der Waals surface area contributed by atoms with E-state index in [0.717, 1.165) is 53.8 Å². The van der Waals surface area contributed by atoms with E-state index in [0.29, 0.717) is 31.1 Å². The Morgan fingerprint density at radius 2 is 1.61 bits per heavy atom. The van der Waals surface area contributed by atoms with Crippen LogP contribution >= 0.6 is 0 Å². The third-order valence-corrected chi connectivity index (χ3v) is 12.1. The molecule has 57 heavy (non-hydrogen) atoms. The first kappa shape index (κ1) is 38.4. The van der Waals surface area contributed by atoms with Crippen molar-refractivity contribution in [3.63, 3.8) is 0 Å². The van der Waals surface area contributed by atoms with Gasteiger partial charge in [0.1, 0.15) is 18.0 Å². The van der Waals surface area contributed by atoms with Crippen molar-refractivity contribution in [2.24, 2.45) is 7.05 Å². The molecule has 0 unspecified atom stereocenters. The van der Waals surface area contributed by atoms with Crippen molar-refractivity contribution in [2.45, 2.75) is 44.1 Å². The quantitative estimate of drug-likeness (QED) is 0.232. The van der Waals surface area contributed by atoms with Gasteiger partial charge in [-0.1, -0.05) is 66.7 Å². The number of aryl methyl sites for hydroxylation is 2. The maximum atomic E-state index is 14.7. The molecular weight excluding hydrogens is 721 g/mol. The number of benzene rings is 3. The predicted molar refractivity (Wildman–Crippen MR) is 217 cm³/mol. The minimum atomic E-state index is -0.888. The lowest BCUT2D eigenvalue weighted by Gasteiger charge is -2.55. The van der Waals surface area contributed by atoms with Crippen molar-refractivity contribution in [3.8, 4) is 5.75 Å². The molecule has 0 bridgehead atoms. The summed E-state index contributed by atoms with van der Waals surface area (Å²) in [6.45, 7) is 10.00. The number of hydrogen-bond donors (Lipinski definition) is 1. The van der Waals surface area contributed by atoms with Gasteiger partial charge in [-0.05, 0) is 42.3 Å². The summed E-state index contributed by atoms with van der Waals surface area (Å²) in [7, 11) is 4.08. The zero-order valence-electron chi connectivity index (χ0n) is 32.9. The molecule has 1 N–H and O–H groups in total. The average molecular weight is 773 g/mol. The Labute approximate surface area is 333 Å². The van der Waals surface area contributed by atoms with Gasteiger partial charge in [0.05, 0.1) is 24.2 Å². The molecule has 4 fully saturated rings. The first-order valence-corrected chi connectivity index (χ1v) is 20.0. The Kier molecular flexibility index (Phi) is 10.9. The molecule has 3 aromatic carbocycles. The summed E-state index contributed by atoms with van der Waals surface area (Å²) in [5, 5.41) is 14.3.